The van der Waals surface area contributed by atoms with Crippen molar-refractivity contribution < 1.29 is 14.4 Å². The number of rotatable bonds is 5. The maximum atomic E-state index is 13.4. The minimum atomic E-state index is -0.131. The lowest BCUT2D eigenvalue weighted by atomic mass is 9.95. The summed E-state index contributed by atoms with van der Waals surface area (Å²) in [6, 6.07) is 12.7. The fourth-order valence-corrected chi connectivity index (χ4v) is 4.80. The van der Waals surface area contributed by atoms with E-state index in [1.807, 2.05) is 36.9 Å². The van der Waals surface area contributed by atoms with Crippen LogP contribution in [0.15, 0.2) is 42.5 Å². The summed E-state index contributed by atoms with van der Waals surface area (Å²) in [5.41, 5.74) is 3.67. The van der Waals surface area contributed by atoms with Crippen LogP contribution < -0.4 is 0 Å². The molecule has 2 saturated heterocycles. The molecule has 0 N–H and O–H groups in total. The van der Waals surface area contributed by atoms with Gasteiger partial charge in [-0.2, -0.15) is 0 Å². The molecule has 0 atom stereocenters. The Hall–Kier alpha value is -2.99. The van der Waals surface area contributed by atoms with Gasteiger partial charge in [-0.3, -0.25) is 19.3 Å². The van der Waals surface area contributed by atoms with E-state index in [4.69, 9.17) is 0 Å². The summed E-state index contributed by atoms with van der Waals surface area (Å²) in [7, 11) is 0. The molecule has 0 radical (unpaired) electrons. The Labute approximate surface area is 202 Å². The van der Waals surface area contributed by atoms with Gasteiger partial charge >= 0.3 is 0 Å². The van der Waals surface area contributed by atoms with Crippen molar-refractivity contribution in [2.45, 2.75) is 39.5 Å². The van der Waals surface area contributed by atoms with E-state index in [0.717, 1.165) is 37.1 Å². The van der Waals surface area contributed by atoms with Crippen LogP contribution in [0.5, 0.6) is 0 Å². The summed E-state index contributed by atoms with van der Waals surface area (Å²) in [5.74, 6) is -0.0500. The lowest BCUT2D eigenvalue weighted by Gasteiger charge is -2.35. The van der Waals surface area contributed by atoms with E-state index < -0.39 is 0 Å². The molecule has 34 heavy (non-hydrogen) atoms. The second-order valence-corrected chi connectivity index (χ2v) is 9.54. The third-order valence-corrected chi connectivity index (χ3v) is 7.15. The van der Waals surface area contributed by atoms with Gasteiger partial charge in [0.1, 0.15) is 0 Å². The fourth-order valence-electron chi connectivity index (χ4n) is 4.80. The van der Waals surface area contributed by atoms with Crippen LogP contribution in [-0.2, 0) is 4.79 Å². The number of amides is 2. The monoisotopic (exact) mass is 461 g/mol. The number of ketones is 1. The topological polar surface area (TPSA) is 60.9 Å². The average Bonchev–Trinajstić information content (AvgIpc) is 3.15. The van der Waals surface area contributed by atoms with Crippen molar-refractivity contribution in [1.29, 1.82) is 0 Å². The molecule has 0 aliphatic carbocycles. The molecule has 180 valence electrons. The SMILES string of the molecule is Cc1ccc(C(=O)c2ccccc2C(=O)N2CCN(CC(=O)N3CCCCCC3)CC2)cc1C. The first kappa shape index (κ1) is 24.1. The highest BCUT2D eigenvalue weighted by Gasteiger charge is 2.27. The lowest BCUT2D eigenvalue weighted by Crippen LogP contribution is -2.51. The van der Waals surface area contributed by atoms with Gasteiger partial charge in [0.2, 0.25) is 5.91 Å². The standard InChI is InChI=1S/C28H35N3O3/c1-21-11-12-23(19-22(21)2)27(33)24-9-5-6-10-25(24)28(34)31-17-15-29(16-18-31)20-26(32)30-13-7-3-4-8-14-30/h5-6,9-12,19H,3-4,7-8,13-18,20H2,1-2H3. The van der Waals surface area contributed by atoms with Crippen molar-refractivity contribution in [2.75, 3.05) is 45.8 Å². The molecule has 6 heteroatoms. The first-order valence-electron chi connectivity index (χ1n) is 12.4. The quantitative estimate of drug-likeness (QED) is 0.637. The van der Waals surface area contributed by atoms with E-state index >= 15 is 0 Å². The van der Waals surface area contributed by atoms with Crippen molar-refractivity contribution >= 4 is 17.6 Å². The largest absolute Gasteiger partial charge is 0.342 e. The zero-order chi connectivity index (χ0) is 24.1. The van der Waals surface area contributed by atoms with E-state index in [-0.39, 0.29) is 17.6 Å². The number of likely N-dealkylation sites (tertiary alicyclic amines) is 1. The molecular formula is C28H35N3O3. The third kappa shape index (κ3) is 5.55. The minimum absolute atomic E-state index is 0.119. The summed E-state index contributed by atoms with van der Waals surface area (Å²) >= 11 is 0. The highest BCUT2D eigenvalue weighted by molar-refractivity contribution is 6.15. The Morgan fingerprint density at radius 2 is 1.35 bits per heavy atom. The Morgan fingerprint density at radius 3 is 2.00 bits per heavy atom. The number of carbonyl (C=O) groups excluding carboxylic acids is 3. The highest BCUT2D eigenvalue weighted by Crippen LogP contribution is 2.20. The summed E-state index contributed by atoms with van der Waals surface area (Å²) in [4.78, 5) is 45.3. The van der Waals surface area contributed by atoms with Crippen molar-refractivity contribution in [3.8, 4) is 0 Å². The highest BCUT2D eigenvalue weighted by atomic mass is 16.2. The van der Waals surface area contributed by atoms with Gasteiger partial charge < -0.3 is 9.80 Å². The van der Waals surface area contributed by atoms with Crippen LogP contribution >= 0.6 is 0 Å². The van der Waals surface area contributed by atoms with Crippen molar-refractivity contribution in [2.24, 2.45) is 0 Å². The van der Waals surface area contributed by atoms with Crippen molar-refractivity contribution in [3.05, 3.63) is 70.3 Å². The normalized spacial score (nSPS) is 17.4. The van der Waals surface area contributed by atoms with E-state index in [9.17, 15) is 14.4 Å². The molecular weight excluding hydrogens is 426 g/mol. The molecule has 2 heterocycles. The first-order valence-corrected chi connectivity index (χ1v) is 12.4. The van der Waals surface area contributed by atoms with Crippen LogP contribution in [0.25, 0.3) is 0 Å². The van der Waals surface area contributed by atoms with E-state index in [1.54, 1.807) is 29.2 Å². The Kier molecular flexibility index (Phi) is 7.78. The molecule has 2 aromatic rings. The van der Waals surface area contributed by atoms with Crippen LogP contribution in [0, 0.1) is 13.8 Å². The van der Waals surface area contributed by atoms with Gasteiger partial charge in [0.25, 0.3) is 5.91 Å². The molecule has 2 amide bonds. The van der Waals surface area contributed by atoms with E-state index in [1.165, 1.54) is 12.8 Å². The third-order valence-electron chi connectivity index (χ3n) is 7.15. The second kappa shape index (κ2) is 11.0. The maximum absolute atomic E-state index is 13.4. The number of hydrogen-bond donors (Lipinski definition) is 0. The van der Waals surface area contributed by atoms with Crippen LogP contribution in [0.3, 0.4) is 0 Å². The van der Waals surface area contributed by atoms with Gasteiger partial charge in [0.15, 0.2) is 5.78 Å². The van der Waals surface area contributed by atoms with Gasteiger partial charge in [-0.05, 0) is 49.9 Å². The van der Waals surface area contributed by atoms with Crippen molar-refractivity contribution in [1.82, 2.24) is 14.7 Å². The van der Waals surface area contributed by atoms with Gasteiger partial charge in [-0.15, -0.1) is 0 Å². The zero-order valence-corrected chi connectivity index (χ0v) is 20.4. The summed E-state index contributed by atoms with van der Waals surface area (Å²) in [5, 5.41) is 0. The number of nitrogens with zero attached hydrogens (tertiary/aromatic N) is 3. The molecule has 2 fully saturated rings. The molecule has 0 aromatic heterocycles. The molecule has 0 spiro atoms. The number of aryl methyl sites for hydroxylation is 2. The Balaban J connectivity index is 1.39. The summed E-state index contributed by atoms with van der Waals surface area (Å²) in [6.45, 7) is 8.59. The van der Waals surface area contributed by atoms with Gasteiger partial charge in [-0.25, -0.2) is 0 Å². The zero-order valence-electron chi connectivity index (χ0n) is 20.4. The predicted octanol–water partition coefficient (Wildman–Crippen LogP) is 3.69. The summed E-state index contributed by atoms with van der Waals surface area (Å²) < 4.78 is 0. The number of hydrogen-bond acceptors (Lipinski definition) is 4. The number of benzene rings is 2. The molecule has 0 unspecified atom stereocenters. The minimum Gasteiger partial charge on any atom is -0.342 e. The Bertz CT molecular complexity index is 1050. The smallest absolute Gasteiger partial charge is 0.254 e. The van der Waals surface area contributed by atoms with Crippen molar-refractivity contribution in [3.63, 3.8) is 0 Å². The predicted molar refractivity (Wildman–Crippen MR) is 133 cm³/mol. The van der Waals surface area contributed by atoms with Crippen LogP contribution in [0.1, 0.15) is 63.1 Å². The van der Waals surface area contributed by atoms with Crippen LogP contribution in [-0.4, -0.2) is 78.1 Å². The molecule has 2 aliphatic rings. The van der Waals surface area contributed by atoms with Crippen LogP contribution in [0.2, 0.25) is 0 Å². The lowest BCUT2D eigenvalue weighted by molar-refractivity contribution is -0.132. The molecule has 0 saturated carbocycles. The van der Waals surface area contributed by atoms with Gasteiger partial charge in [-0.1, -0.05) is 43.2 Å². The second-order valence-electron chi connectivity index (χ2n) is 9.54. The summed E-state index contributed by atoms with van der Waals surface area (Å²) in [6.07, 6.45) is 4.60. The van der Waals surface area contributed by atoms with E-state index in [0.29, 0.717) is 49.4 Å². The van der Waals surface area contributed by atoms with E-state index in [2.05, 4.69) is 4.90 Å². The first-order chi connectivity index (χ1) is 16.4. The molecule has 2 aromatic carbocycles. The Morgan fingerprint density at radius 1 is 0.706 bits per heavy atom. The van der Waals surface area contributed by atoms with Gasteiger partial charge in [0, 0.05) is 50.4 Å². The van der Waals surface area contributed by atoms with Gasteiger partial charge in [0.05, 0.1) is 12.1 Å². The molecule has 2 aliphatic heterocycles. The number of piperazine rings is 1. The maximum Gasteiger partial charge on any atom is 0.254 e. The van der Waals surface area contributed by atoms with Crippen LogP contribution in [0.4, 0.5) is 0 Å². The molecule has 6 nitrogen and oxygen atoms in total. The average molecular weight is 462 g/mol. The number of carbonyl (C=O) groups is 3. The fraction of sp³-hybridized carbons (Fsp3) is 0.464. The molecule has 4 rings (SSSR count). The molecule has 0 bridgehead atoms.